The van der Waals surface area contributed by atoms with Crippen molar-refractivity contribution >= 4 is 5.91 Å². The number of piperidine rings is 1. The quantitative estimate of drug-likeness (QED) is 0.794. The number of hydrogen-bond acceptors (Lipinski definition) is 3. The summed E-state index contributed by atoms with van der Waals surface area (Å²) in [5.41, 5.74) is 1.05. The number of likely N-dealkylation sites (tertiary alicyclic amines) is 2. The Bertz CT molecular complexity index is 668. The Morgan fingerprint density at radius 3 is 2.70 bits per heavy atom. The van der Waals surface area contributed by atoms with Crippen LogP contribution >= 0.6 is 0 Å². The molecule has 1 aromatic rings. The predicted molar refractivity (Wildman–Crippen MR) is 103 cm³/mol. The molecule has 2 saturated heterocycles. The molecule has 27 heavy (non-hydrogen) atoms. The molecule has 1 unspecified atom stereocenters. The van der Waals surface area contributed by atoms with Crippen LogP contribution in [-0.4, -0.2) is 61.6 Å². The first kappa shape index (κ1) is 18.9. The Hall–Kier alpha value is -1.46. The molecule has 0 bridgehead atoms. The molecular weight excluding hydrogens is 343 g/mol. The van der Waals surface area contributed by atoms with E-state index >= 15 is 0 Å². The molecule has 1 saturated carbocycles. The molecule has 148 valence electrons. The van der Waals surface area contributed by atoms with E-state index in [0.717, 1.165) is 57.2 Å². The molecule has 2 aliphatic heterocycles. The van der Waals surface area contributed by atoms with Crippen LogP contribution in [-0.2, 0) is 16.0 Å². The van der Waals surface area contributed by atoms with Crippen LogP contribution in [0.4, 0.5) is 4.39 Å². The van der Waals surface area contributed by atoms with E-state index in [1.165, 1.54) is 31.4 Å². The van der Waals surface area contributed by atoms with Gasteiger partial charge in [0, 0.05) is 45.2 Å². The summed E-state index contributed by atoms with van der Waals surface area (Å²) < 4.78 is 18.9. The van der Waals surface area contributed by atoms with E-state index in [0.29, 0.717) is 17.8 Å². The highest BCUT2D eigenvalue weighted by molar-refractivity contribution is 5.78. The largest absolute Gasteiger partial charge is 0.384 e. The van der Waals surface area contributed by atoms with Gasteiger partial charge >= 0.3 is 0 Å². The minimum absolute atomic E-state index is 0.118. The number of carbonyl (C=O) groups excluding carboxylic acids is 1. The molecule has 2 heterocycles. The van der Waals surface area contributed by atoms with Gasteiger partial charge in [-0.3, -0.25) is 9.69 Å². The molecule has 3 fully saturated rings. The molecule has 3 aliphatic rings. The summed E-state index contributed by atoms with van der Waals surface area (Å²) in [6.45, 7) is 4.76. The van der Waals surface area contributed by atoms with Gasteiger partial charge in [-0.1, -0.05) is 18.6 Å². The van der Waals surface area contributed by atoms with Crippen molar-refractivity contribution in [2.75, 3.05) is 39.9 Å². The van der Waals surface area contributed by atoms with Gasteiger partial charge in [0.15, 0.2) is 0 Å². The number of rotatable bonds is 5. The van der Waals surface area contributed by atoms with Gasteiger partial charge in [0.25, 0.3) is 0 Å². The number of benzene rings is 1. The van der Waals surface area contributed by atoms with Gasteiger partial charge in [-0.05, 0) is 48.8 Å². The van der Waals surface area contributed by atoms with Crippen LogP contribution in [0.2, 0.25) is 0 Å². The molecule has 1 aliphatic carbocycles. The minimum atomic E-state index is -0.276. The number of methoxy groups -OCH3 is 1. The minimum Gasteiger partial charge on any atom is -0.384 e. The second-order valence-electron chi connectivity index (χ2n) is 8.72. The molecule has 1 spiro atoms. The molecule has 0 N–H and O–H groups in total. The number of hydrogen-bond donors (Lipinski definition) is 0. The molecule has 0 radical (unpaired) electrons. The van der Waals surface area contributed by atoms with E-state index in [1.54, 1.807) is 13.2 Å². The highest BCUT2D eigenvalue weighted by Gasteiger charge is 2.50. The Balaban J connectivity index is 1.37. The van der Waals surface area contributed by atoms with Crippen molar-refractivity contribution in [2.24, 2.45) is 11.3 Å². The van der Waals surface area contributed by atoms with E-state index in [4.69, 9.17) is 4.74 Å². The Kier molecular flexibility index (Phi) is 5.51. The maximum absolute atomic E-state index is 13.4. The average molecular weight is 375 g/mol. The monoisotopic (exact) mass is 374 g/mol. The molecular formula is C22H31FN2O2. The van der Waals surface area contributed by atoms with E-state index in [-0.39, 0.29) is 11.7 Å². The third kappa shape index (κ3) is 3.90. The Morgan fingerprint density at radius 1 is 1.30 bits per heavy atom. The fraction of sp³-hybridized carbons (Fsp3) is 0.682. The van der Waals surface area contributed by atoms with Gasteiger partial charge in [0.2, 0.25) is 5.91 Å². The molecule has 0 aromatic heterocycles. The number of carbonyl (C=O) groups is 1. The predicted octanol–water partition coefficient (Wildman–Crippen LogP) is 3.11. The fourth-order valence-electron chi connectivity index (χ4n) is 5.24. The number of amides is 1. The molecule has 1 atom stereocenters. The number of ether oxygens (including phenoxy) is 1. The number of halogens is 1. The van der Waals surface area contributed by atoms with Crippen LogP contribution in [0.5, 0.6) is 0 Å². The zero-order chi connectivity index (χ0) is 18.9. The lowest BCUT2D eigenvalue weighted by atomic mass is 9.71. The van der Waals surface area contributed by atoms with Gasteiger partial charge in [-0.25, -0.2) is 4.39 Å². The zero-order valence-electron chi connectivity index (χ0n) is 16.3. The summed E-state index contributed by atoms with van der Waals surface area (Å²) in [4.78, 5) is 17.4. The van der Waals surface area contributed by atoms with Crippen LogP contribution in [0.25, 0.3) is 0 Å². The lowest BCUT2D eigenvalue weighted by Gasteiger charge is -2.43. The van der Waals surface area contributed by atoms with Crippen molar-refractivity contribution in [2.45, 2.75) is 44.6 Å². The van der Waals surface area contributed by atoms with Crippen LogP contribution < -0.4 is 0 Å². The van der Waals surface area contributed by atoms with Crippen molar-refractivity contribution in [3.63, 3.8) is 0 Å². The third-order valence-corrected chi connectivity index (χ3v) is 7.15. The summed E-state index contributed by atoms with van der Waals surface area (Å²) in [7, 11) is 1.80. The van der Waals surface area contributed by atoms with Crippen LogP contribution in [0.3, 0.4) is 0 Å². The van der Waals surface area contributed by atoms with Crippen LogP contribution in [0.15, 0.2) is 24.3 Å². The van der Waals surface area contributed by atoms with Crippen molar-refractivity contribution < 1.29 is 13.9 Å². The van der Waals surface area contributed by atoms with Crippen LogP contribution in [0, 0.1) is 17.2 Å². The molecule has 5 heteroatoms. The first-order valence-electron chi connectivity index (χ1n) is 10.3. The maximum atomic E-state index is 13.4. The number of nitrogens with zero attached hydrogens (tertiary/aromatic N) is 2. The lowest BCUT2D eigenvalue weighted by molar-refractivity contribution is -0.133. The van der Waals surface area contributed by atoms with E-state index in [2.05, 4.69) is 4.90 Å². The first-order valence-corrected chi connectivity index (χ1v) is 10.3. The van der Waals surface area contributed by atoms with Gasteiger partial charge in [-0.15, -0.1) is 0 Å². The van der Waals surface area contributed by atoms with Crippen molar-refractivity contribution in [1.82, 2.24) is 9.80 Å². The van der Waals surface area contributed by atoms with Crippen molar-refractivity contribution in [3.8, 4) is 0 Å². The summed E-state index contributed by atoms with van der Waals surface area (Å²) in [5.74, 6) is 0.415. The SMILES string of the molecule is COCC1CN(C2CCC2)CC12CCN(C(=O)Cc1cccc(F)c1)CC2. The molecule has 4 nitrogen and oxygen atoms in total. The van der Waals surface area contributed by atoms with Crippen molar-refractivity contribution in [1.29, 1.82) is 0 Å². The van der Waals surface area contributed by atoms with Gasteiger partial charge in [-0.2, -0.15) is 0 Å². The second kappa shape index (κ2) is 7.88. The smallest absolute Gasteiger partial charge is 0.226 e. The maximum Gasteiger partial charge on any atom is 0.226 e. The highest BCUT2D eigenvalue weighted by Crippen LogP contribution is 2.47. The lowest BCUT2D eigenvalue weighted by Crippen LogP contribution is -2.48. The zero-order valence-corrected chi connectivity index (χ0v) is 16.3. The Labute approximate surface area is 161 Å². The standard InChI is InChI=1S/C22H31FN2O2/c1-27-15-18-14-25(20-6-3-7-20)16-22(18)8-10-24(11-9-22)21(26)13-17-4-2-5-19(23)12-17/h2,4-5,12,18,20H,3,6-11,13-16H2,1H3. The topological polar surface area (TPSA) is 32.8 Å². The average Bonchev–Trinajstić information content (AvgIpc) is 2.92. The molecule has 1 amide bonds. The van der Waals surface area contributed by atoms with E-state index < -0.39 is 0 Å². The van der Waals surface area contributed by atoms with E-state index in [1.807, 2.05) is 11.0 Å². The third-order valence-electron chi connectivity index (χ3n) is 7.15. The van der Waals surface area contributed by atoms with Crippen LogP contribution in [0.1, 0.15) is 37.7 Å². The van der Waals surface area contributed by atoms with E-state index in [9.17, 15) is 9.18 Å². The summed E-state index contributed by atoms with van der Waals surface area (Å²) >= 11 is 0. The summed E-state index contributed by atoms with van der Waals surface area (Å²) in [6, 6.07) is 7.16. The highest BCUT2D eigenvalue weighted by atomic mass is 19.1. The van der Waals surface area contributed by atoms with Crippen molar-refractivity contribution in [3.05, 3.63) is 35.6 Å². The summed E-state index contributed by atoms with van der Waals surface area (Å²) in [5, 5.41) is 0. The summed E-state index contributed by atoms with van der Waals surface area (Å²) in [6.07, 6.45) is 6.45. The van der Waals surface area contributed by atoms with Gasteiger partial charge in [0.05, 0.1) is 13.0 Å². The molecule has 1 aromatic carbocycles. The second-order valence-corrected chi connectivity index (χ2v) is 8.72. The Morgan fingerprint density at radius 2 is 2.07 bits per heavy atom. The van der Waals surface area contributed by atoms with Gasteiger partial charge in [0.1, 0.15) is 5.82 Å². The first-order chi connectivity index (χ1) is 13.1. The molecule has 4 rings (SSSR count). The van der Waals surface area contributed by atoms with Gasteiger partial charge < -0.3 is 9.64 Å². The fourth-order valence-corrected chi connectivity index (χ4v) is 5.24. The normalized spacial score (nSPS) is 25.7.